The van der Waals surface area contributed by atoms with Gasteiger partial charge >= 0.3 is 11.9 Å². The number of esters is 2. The molecule has 0 amide bonds. The third-order valence-electron chi connectivity index (χ3n) is 9.90. The predicted molar refractivity (Wildman–Crippen MR) is 191 cm³/mol. The van der Waals surface area contributed by atoms with E-state index in [1.807, 2.05) is 0 Å². The van der Waals surface area contributed by atoms with Crippen molar-refractivity contribution in [3.05, 3.63) is 0 Å². The number of unbranched alkanes of at least 4 members (excludes halogenated alkanes) is 10. The van der Waals surface area contributed by atoms with E-state index in [4.69, 9.17) is 19.1 Å². The number of rotatable bonds is 22. The standard InChI is InChI=1S/C39H74N2O6/c1-11-13-15-22-26-44-40-36(3,4)28-32(29-37(40,5)6)46-34(42)24-20-18-17-19-21-25-35(43)47-33-30-38(7,8)41(39(9,10)31-33)45-27-23-16-14-12-2/h32-33H,11-31H2,1-10H3. The van der Waals surface area contributed by atoms with Gasteiger partial charge in [0.15, 0.2) is 0 Å². The molecule has 0 unspecified atom stereocenters. The number of carbonyl (C=O) groups is 2. The number of hydrogen-bond donors (Lipinski definition) is 0. The van der Waals surface area contributed by atoms with Gasteiger partial charge in [-0.25, -0.2) is 0 Å². The van der Waals surface area contributed by atoms with Gasteiger partial charge in [-0.05, 0) is 81.1 Å². The summed E-state index contributed by atoms with van der Waals surface area (Å²) < 4.78 is 12.0. The lowest BCUT2D eigenvalue weighted by atomic mass is 9.80. The molecule has 2 rings (SSSR count). The van der Waals surface area contributed by atoms with Crippen molar-refractivity contribution in [1.82, 2.24) is 10.1 Å². The average Bonchev–Trinajstić information content (AvgIpc) is 2.93. The third-order valence-corrected chi connectivity index (χ3v) is 9.90. The molecule has 47 heavy (non-hydrogen) atoms. The molecule has 2 heterocycles. The number of ether oxygens (including phenoxy) is 2. The highest BCUT2D eigenvalue weighted by Crippen LogP contribution is 2.41. The van der Waals surface area contributed by atoms with E-state index in [9.17, 15) is 9.59 Å². The predicted octanol–water partition coefficient (Wildman–Crippen LogP) is 9.87. The Morgan fingerprint density at radius 2 is 0.787 bits per heavy atom. The average molecular weight is 667 g/mol. The summed E-state index contributed by atoms with van der Waals surface area (Å²) >= 11 is 0. The zero-order chi connectivity index (χ0) is 35.1. The van der Waals surface area contributed by atoms with E-state index in [2.05, 4.69) is 79.4 Å². The van der Waals surface area contributed by atoms with Crippen LogP contribution in [0, 0.1) is 0 Å². The van der Waals surface area contributed by atoms with Crippen molar-refractivity contribution in [2.45, 2.75) is 226 Å². The van der Waals surface area contributed by atoms with Crippen molar-refractivity contribution in [3.8, 4) is 0 Å². The Labute approximate surface area is 289 Å². The normalized spacial score (nSPS) is 21.5. The molecule has 0 atom stereocenters. The molecular formula is C39H74N2O6. The first-order valence-electron chi connectivity index (χ1n) is 19.3. The molecule has 0 saturated carbocycles. The second-order valence-electron chi connectivity index (χ2n) is 16.9. The number of carbonyl (C=O) groups excluding carboxylic acids is 2. The Kier molecular flexibility index (Phi) is 17.7. The Balaban J connectivity index is 1.62. The molecule has 2 saturated heterocycles. The fourth-order valence-electron chi connectivity index (χ4n) is 8.14. The van der Waals surface area contributed by atoms with Gasteiger partial charge in [0.2, 0.25) is 0 Å². The summed E-state index contributed by atoms with van der Waals surface area (Å²) in [6.07, 6.45) is 17.8. The van der Waals surface area contributed by atoms with Crippen LogP contribution in [-0.2, 0) is 28.7 Å². The van der Waals surface area contributed by atoms with Crippen LogP contribution in [0.3, 0.4) is 0 Å². The summed E-state index contributed by atoms with van der Waals surface area (Å²) in [5.41, 5.74) is -0.816. The fourth-order valence-corrected chi connectivity index (χ4v) is 8.14. The van der Waals surface area contributed by atoms with Crippen LogP contribution < -0.4 is 0 Å². The van der Waals surface area contributed by atoms with Crippen LogP contribution in [0.25, 0.3) is 0 Å². The second kappa shape index (κ2) is 19.8. The van der Waals surface area contributed by atoms with Crippen LogP contribution in [0.5, 0.6) is 0 Å². The largest absolute Gasteiger partial charge is 0.462 e. The molecule has 8 heteroatoms. The summed E-state index contributed by atoms with van der Waals surface area (Å²) in [4.78, 5) is 38.0. The van der Waals surface area contributed by atoms with E-state index in [0.717, 1.165) is 83.8 Å². The molecule has 2 fully saturated rings. The van der Waals surface area contributed by atoms with Crippen LogP contribution in [0.2, 0.25) is 0 Å². The lowest BCUT2D eigenvalue weighted by Crippen LogP contribution is -2.62. The molecule has 0 aromatic heterocycles. The minimum Gasteiger partial charge on any atom is -0.462 e. The molecule has 0 N–H and O–H groups in total. The lowest BCUT2D eigenvalue weighted by Gasteiger charge is -2.53. The van der Waals surface area contributed by atoms with Gasteiger partial charge in [0.1, 0.15) is 12.2 Å². The number of hydrogen-bond acceptors (Lipinski definition) is 8. The highest BCUT2D eigenvalue weighted by molar-refractivity contribution is 5.70. The number of hydroxylamine groups is 4. The van der Waals surface area contributed by atoms with Crippen LogP contribution >= 0.6 is 0 Å². The molecule has 2 aliphatic rings. The number of nitrogens with zero attached hydrogens (tertiary/aromatic N) is 2. The van der Waals surface area contributed by atoms with Gasteiger partial charge in [-0.3, -0.25) is 19.3 Å². The molecule has 0 aromatic rings. The summed E-state index contributed by atoms with van der Waals surface area (Å²) in [6.45, 7) is 23.4. The summed E-state index contributed by atoms with van der Waals surface area (Å²) in [6, 6.07) is 0. The topological polar surface area (TPSA) is 77.5 Å². The molecule has 2 aliphatic heterocycles. The summed E-state index contributed by atoms with van der Waals surface area (Å²) in [5.74, 6) is -0.198. The van der Waals surface area contributed by atoms with Crippen LogP contribution in [-0.4, -0.2) is 69.6 Å². The molecule has 276 valence electrons. The quantitative estimate of drug-likeness (QED) is 0.0835. The highest BCUT2D eigenvalue weighted by Gasteiger charge is 2.49. The third kappa shape index (κ3) is 14.7. The Morgan fingerprint density at radius 3 is 1.11 bits per heavy atom. The van der Waals surface area contributed by atoms with Crippen LogP contribution in [0.1, 0.15) is 191 Å². The molecule has 0 aliphatic carbocycles. The van der Waals surface area contributed by atoms with E-state index in [0.29, 0.717) is 12.8 Å². The SMILES string of the molecule is CCCCCCON1C(C)(C)CC(OC(=O)CCCCCCCC(=O)OC2CC(C)(C)N(OCCCCCC)C(C)(C)C2)CC1(C)C. The van der Waals surface area contributed by atoms with Crippen molar-refractivity contribution in [1.29, 1.82) is 0 Å². The summed E-state index contributed by atoms with van der Waals surface area (Å²) in [7, 11) is 0. The van der Waals surface area contributed by atoms with Crippen molar-refractivity contribution in [3.63, 3.8) is 0 Å². The lowest BCUT2D eigenvalue weighted by molar-refractivity contribution is -0.293. The van der Waals surface area contributed by atoms with Crippen molar-refractivity contribution >= 4 is 11.9 Å². The minimum absolute atomic E-state index is 0.0927. The van der Waals surface area contributed by atoms with Gasteiger partial charge in [-0.2, -0.15) is 10.1 Å². The maximum Gasteiger partial charge on any atom is 0.306 e. The smallest absolute Gasteiger partial charge is 0.306 e. The minimum atomic E-state index is -0.204. The molecule has 8 nitrogen and oxygen atoms in total. The van der Waals surface area contributed by atoms with Crippen molar-refractivity contribution < 1.29 is 28.7 Å². The second-order valence-corrected chi connectivity index (χ2v) is 16.9. The zero-order valence-electron chi connectivity index (χ0n) is 32.3. The first kappa shape index (κ1) is 41.9. The maximum absolute atomic E-state index is 12.7. The highest BCUT2D eigenvalue weighted by atomic mass is 16.7. The molecule has 0 spiro atoms. The maximum atomic E-state index is 12.7. The van der Waals surface area contributed by atoms with E-state index in [-0.39, 0.29) is 46.3 Å². The molecular weight excluding hydrogens is 592 g/mol. The zero-order valence-corrected chi connectivity index (χ0v) is 32.3. The van der Waals surface area contributed by atoms with E-state index in [1.165, 1.54) is 38.5 Å². The van der Waals surface area contributed by atoms with Gasteiger partial charge in [-0.1, -0.05) is 71.6 Å². The van der Waals surface area contributed by atoms with Crippen LogP contribution in [0.4, 0.5) is 0 Å². The van der Waals surface area contributed by atoms with Crippen LogP contribution in [0.15, 0.2) is 0 Å². The van der Waals surface area contributed by atoms with Crippen molar-refractivity contribution in [2.24, 2.45) is 0 Å². The van der Waals surface area contributed by atoms with Gasteiger partial charge in [-0.15, -0.1) is 0 Å². The van der Waals surface area contributed by atoms with Gasteiger partial charge < -0.3 is 9.47 Å². The van der Waals surface area contributed by atoms with E-state index < -0.39 is 0 Å². The van der Waals surface area contributed by atoms with Gasteiger partial charge in [0.25, 0.3) is 0 Å². The molecule has 0 bridgehead atoms. The summed E-state index contributed by atoms with van der Waals surface area (Å²) in [5, 5.41) is 4.31. The Hall–Kier alpha value is -1.22. The van der Waals surface area contributed by atoms with E-state index in [1.54, 1.807) is 0 Å². The first-order chi connectivity index (χ1) is 22.0. The van der Waals surface area contributed by atoms with Gasteiger partial charge in [0.05, 0.1) is 13.2 Å². The first-order valence-corrected chi connectivity index (χ1v) is 19.3. The Morgan fingerprint density at radius 1 is 0.489 bits per heavy atom. The fraction of sp³-hybridized carbons (Fsp3) is 0.949. The van der Waals surface area contributed by atoms with Gasteiger partial charge in [0, 0.05) is 60.7 Å². The number of piperidine rings is 2. The van der Waals surface area contributed by atoms with E-state index >= 15 is 0 Å². The monoisotopic (exact) mass is 667 g/mol. The molecule has 0 aromatic carbocycles. The molecule has 0 radical (unpaired) electrons. The van der Waals surface area contributed by atoms with Crippen molar-refractivity contribution in [2.75, 3.05) is 13.2 Å². The Bertz CT molecular complexity index is 809.